The molecule has 0 amide bonds. The average Bonchev–Trinajstić information content (AvgIpc) is 2.77. The highest BCUT2D eigenvalue weighted by molar-refractivity contribution is 5.88. The van der Waals surface area contributed by atoms with Crippen LogP contribution < -0.4 is 11.1 Å². The van der Waals surface area contributed by atoms with E-state index in [4.69, 9.17) is 5.73 Å². The summed E-state index contributed by atoms with van der Waals surface area (Å²) < 4.78 is 29.6. The molecule has 0 bridgehead atoms. The predicted molar refractivity (Wildman–Crippen MR) is 89.6 cm³/mol. The van der Waals surface area contributed by atoms with Gasteiger partial charge in [-0.15, -0.1) is 0 Å². The van der Waals surface area contributed by atoms with Crippen LogP contribution in [0.5, 0.6) is 0 Å². The van der Waals surface area contributed by atoms with E-state index in [1.807, 2.05) is 19.2 Å². The van der Waals surface area contributed by atoms with Crippen molar-refractivity contribution in [3.63, 3.8) is 0 Å². The van der Waals surface area contributed by atoms with E-state index in [-0.39, 0.29) is 11.6 Å². The number of pyridine rings is 1. The molecule has 1 aromatic carbocycles. The van der Waals surface area contributed by atoms with E-state index >= 15 is 0 Å². The summed E-state index contributed by atoms with van der Waals surface area (Å²) in [7, 11) is 1.80. The summed E-state index contributed by atoms with van der Waals surface area (Å²) in [5, 5.41) is 3.78. The average molecular weight is 314 g/mol. The van der Waals surface area contributed by atoms with Gasteiger partial charge in [-0.05, 0) is 30.7 Å². The maximum absolute atomic E-state index is 14.4. The van der Waals surface area contributed by atoms with Crippen molar-refractivity contribution in [1.29, 1.82) is 0 Å². The topological polar surface area (TPSA) is 55.9 Å². The van der Waals surface area contributed by atoms with Crippen molar-refractivity contribution in [2.45, 2.75) is 6.92 Å². The van der Waals surface area contributed by atoms with Crippen molar-refractivity contribution in [2.75, 3.05) is 11.1 Å². The molecule has 2 heterocycles. The summed E-state index contributed by atoms with van der Waals surface area (Å²) in [6.45, 7) is 5.54. The van der Waals surface area contributed by atoms with Gasteiger partial charge < -0.3 is 15.6 Å². The maximum atomic E-state index is 14.4. The van der Waals surface area contributed by atoms with E-state index in [9.17, 15) is 8.78 Å². The Balaban J connectivity index is 2.11. The highest BCUT2D eigenvalue weighted by atomic mass is 19.1. The van der Waals surface area contributed by atoms with Gasteiger partial charge in [-0.3, -0.25) is 0 Å². The second-order valence-corrected chi connectivity index (χ2v) is 5.40. The third-order valence-electron chi connectivity index (χ3n) is 3.74. The minimum absolute atomic E-state index is 0.226. The highest BCUT2D eigenvalue weighted by Crippen LogP contribution is 2.29. The van der Waals surface area contributed by atoms with Crippen LogP contribution in [0.15, 0.2) is 31.0 Å². The number of nitrogens with two attached hydrogens (primary N) is 1. The Labute approximate surface area is 132 Å². The molecule has 0 radical (unpaired) electrons. The van der Waals surface area contributed by atoms with E-state index in [1.165, 1.54) is 18.2 Å². The quantitative estimate of drug-likeness (QED) is 0.764. The summed E-state index contributed by atoms with van der Waals surface area (Å²) in [4.78, 5) is 3.97. The fourth-order valence-corrected chi connectivity index (χ4v) is 2.66. The first-order chi connectivity index (χ1) is 10.9. The number of anilines is 3. The van der Waals surface area contributed by atoms with Crippen molar-refractivity contribution in [3.8, 4) is 0 Å². The van der Waals surface area contributed by atoms with Crippen LogP contribution in [0.25, 0.3) is 17.0 Å². The minimum atomic E-state index is -0.619. The lowest BCUT2D eigenvalue weighted by atomic mass is 10.1. The van der Waals surface area contributed by atoms with E-state index in [2.05, 4.69) is 16.9 Å². The Kier molecular flexibility index (Phi) is 3.52. The zero-order chi connectivity index (χ0) is 16.7. The number of halogens is 2. The minimum Gasteiger partial charge on any atom is -0.381 e. The highest BCUT2D eigenvalue weighted by Gasteiger charge is 2.13. The smallest absolute Gasteiger partial charge is 0.165 e. The van der Waals surface area contributed by atoms with Gasteiger partial charge in [0.25, 0.3) is 0 Å². The molecule has 3 rings (SSSR count). The zero-order valence-corrected chi connectivity index (χ0v) is 12.8. The summed E-state index contributed by atoms with van der Waals surface area (Å²) >= 11 is 0. The van der Waals surface area contributed by atoms with Crippen molar-refractivity contribution >= 4 is 34.3 Å². The number of rotatable bonds is 3. The van der Waals surface area contributed by atoms with Crippen LogP contribution in [0.3, 0.4) is 0 Å². The van der Waals surface area contributed by atoms with Crippen LogP contribution in [0.4, 0.5) is 26.1 Å². The normalized spacial score (nSPS) is 11.0. The number of aromatic nitrogens is 2. The first-order valence-corrected chi connectivity index (χ1v) is 7.01. The molecule has 118 valence electrons. The molecule has 2 aromatic heterocycles. The Hall–Kier alpha value is -2.89. The van der Waals surface area contributed by atoms with E-state index in [0.717, 1.165) is 10.9 Å². The molecule has 0 spiro atoms. The molecule has 4 nitrogen and oxygen atoms in total. The predicted octanol–water partition coefficient (Wildman–Crippen LogP) is 4.13. The third-order valence-corrected chi connectivity index (χ3v) is 3.74. The van der Waals surface area contributed by atoms with Crippen LogP contribution in [0.2, 0.25) is 0 Å². The number of hydrogen-bond acceptors (Lipinski definition) is 3. The number of fused-ring (bicyclic) bond motifs is 1. The van der Waals surface area contributed by atoms with Gasteiger partial charge in [0.2, 0.25) is 0 Å². The van der Waals surface area contributed by atoms with Crippen LogP contribution >= 0.6 is 0 Å². The van der Waals surface area contributed by atoms with Gasteiger partial charge >= 0.3 is 0 Å². The van der Waals surface area contributed by atoms with Gasteiger partial charge in [0.1, 0.15) is 11.6 Å². The Morgan fingerprint density at radius 3 is 2.70 bits per heavy atom. The SMILES string of the molecule is C=Cc1cc(F)c(N)nc1Nc1cc(F)c2c(c1)c(C)cn2C. The lowest BCUT2D eigenvalue weighted by molar-refractivity contribution is 0.627. The molecule has 0 saturated carbocycles. The molecule has 23 heavy (non-hydrogen) atoms. The Morgan fingerprint density at radius 2 is 2.00 bits per heavy atom. The third kappa shape index (κ3) is 2.52. The standard InChI is InChI=1S/C17H16F2N4/c1-4-10-5-14(19)16(20)22-17(10)21-11-6-12-9(2)8-23(3)15(12)13(18)7-11/h4-8H,1H2,2-3H3,(H3,20,21,22). The molecule has 0 fully saturated rings. The number of nitrogen functional groups attached to an aromatic ring is 1. The van der Waals surface area contributed by atoms with Crippen LogP contribution in [0.1, 0.15) is 11.1 Å². The van der Waals surface area contributed by atoms with Gasteiger partial charge in [0.05, 0.1) is 5.52 Å². The molecular weight excluding hydrogens is 298 g/mol. The Morgan fingerprint density at radius 1 is 1.26 bits per heavy atom. The lowest BCUT2D eigenvalue weighted by Gasteiger charge is -2.11. The number of aryl methyl sites for hydroxylation is 2. The summed E-state index contributed by atoms with van der Waals surface area (Å²) in [5.74, 6) is -0.872. The van der Waals surface area contributed by atoms with Crippen LogP contribution in [-0.2, 0) is 7.05 Å². The van der Waals surface area contributed by atoms with Gasteiger partial charge in [0.15, 0.2) is 11.6 Å². The zero-order valence-electron chi connectivity index (χ0n) is 12.8. The van der Waals surface area contributed by atoms with Crippen molar-refractivity contribution in [3.05, 3.63) is 53.7 Å². The molecule has 3 N–H and O–H groups in total. The number of hydrogen-bond donors (Lipinski definition) is 2. The summed E-state index contributed by atoms with van der Waals surface area (Å²) in [6.07, 6.45) is 3.32. The molecule has 0 unspecified atom stereocenters. The van der Waals surface area contributed by atoms with Crippen molar-refractivity contribution in [2.24, 2.45) is 7.05 Å². The van der Waals surface area contributed by atoms with Gasteiger partial charge in [-0.1, -0.05) is 12.7 Å². The summed E-state index contributed by atoms with van der Waals surface area (Å²) in [6, 6.07) is 4.43. The second-order valence-electron chi connectivity index (χ2n) is 5.40. The molecule has 0 saturated heterocycles. The molecule has 6 heteroatoms. The fourth-order valence-electron chi connectivity index (χ4n) is 2.66. The molecule has 0 atom stereocenters. The first kappa shape index (κ1) is 15.0. The number of nitrogens with zero attached hydrogens (tertiary/aromatic N) is 2. The Bertz CT molecular complexity index is 928. The second kappa shape index (κ2) is 5.39. The van der Waals surface area contributed by atoms with Crippen LogP contribution in [-0.4, -0.2) is 9.55 Å². The molecular formula is C17H16F2N4. The van der Waals surface area contributed by atoms with Gasteiger partial charge in [0, 0.05) is 29.9 Å². The number of benzene rings is 1. The van der Waals surface area contributed by atoms with Gasteiger partial charge in [-0.25, -0.2) is 13.8 Å². The van der Waals surface area contributed by atoms with E-state index in [1.54, 1.807) is 11.6 Å². The lowest BCUT2D eigenvalue weighted by Crippen LogP contribution is -2.03. The number of nitrogens with one attached hydrogen (secondary N) is 1. The molecule has 0 aliphatic rings. The van der Waals surface area contributed by atoms with Crippen molar-refractivity contribution < 1.29 is 8.78 Å². The van der Waals surface area contributed by atoms with Crippen molar-refractivity contribution in [1.82, 2.24) is 9.55 Å². The van der Waals surface area contributed by atoms with E-state index in [0.29, 0.717) is 22.6 Å². The van der Waals surface area contributed by atoms with Crippen LogP contribution in [0, 0.1) is 18.6 Å². The fraction of sp³-hybridized carbons (Fsp3) is 0.118. The van der Waals surface area contributed by atoms with Gasteiger partial charge in [-0.2, -0.15) is 0 Å². The van der Waals surface area contributed by atoms with E-state index < -0.39 is 5.82 Å². The first-order valence-electron chi connectivity index (χ1n) is 7.01. The molecule has 3 aromatic rings. The maximum Gasteiger partial charge on any atom is 0.165 e. The summed E-state index contributed by atoms with van der Waals surface area (Å²) in [5.41, 5.74) is 7.95. The molecule has 0 aliphatic carbocycles. The monoisotopic (exact) mass is 314 g/mol. The largest absolute Gasteiger partial charge is 0.381 e. The molecule has 0 aliphatic heterocycles.